The molecule has 2 aliphatic carbocycles. The number of allylic oxidation sites excluding steroid dienone is 1. The van der Waals surface area contributed by atoms with Crippen LogP contribution in [0, 0.1) is 5.41 Å². The molecule has 4 heteroatoms. The van der Waals surface area contributed by atoms with Crippen LogP contribution in [0.5, 0.6) is 0 Å². The van der Waals surface area contributed by atoms with Crippen LogP contribution >= 0.6 is 0 Å². The van der Waals surface area contributed by atoms with E-state index in [0.717, 1.165) is 31.3 Å². The highest BCUT2D eigenvalue weighted by Gasteiger charge is 2.58. The van der Waals surface area contributed by atoms with Crippen LogP contribution in [0.15, 0.2) is 42.0 Å². The predicted molar refractivity (Wildman–Crippen MR) is 97.9 cm³/mol. The molecule has 24 heavy (non-hydrogen) atoms. The van der Waals surface area contributed by atoms with Gasteiger partial charge in [0.25, 0.3) is 0 Å². The fourth-order valence-electron chi connectivity index (χ4n) is 4.83. The number of carbonyl (C=O) groups is 2. The maximum atomic E-state index is 13.0. The van der Waals surface area contributed by atoms with E-state index in [0.29, 0.717) is 6.42 Å². The second-order valence-corrected chi connectivity index (χ2v) is 12.4. The van der Waals surface area contributed by atoms with Gasteiger partial charge in [0.15, 0.2) is 5.78 Å². The van der Waals surface area contributed by atoms with Gasteiger partial charge in [0.2, 0.25) is 0 Å². The summed E-state index contributed by atoms with van der Waals surface area (Å²) in [7, 11) is -0.562. The number of carbonyl (C=O) groups excluding carboxylic acids is 2. The van der Waals surface area contributed by atoms with Gasteiger partial charge in [-0.2, -0.15) is 0 Å². The average Bonchev–Trinajstić information content (AvgIpc) is 2.60. The van der Waals surface area contributed by atoms with Crippen molar-refractivity contribution in [3.63, 3.8) is 0 Å². The molecule has 0 heterocycles. The minimum absolute atomic E-state index is 0.0626. The molecule has 0 bridgehead atoms. The van der Waals surface area contributed by atoms with Crippen LogP contribution < -0.4 is 5.19 Å². The number of esters is 1. The van der Waals surface area contributed by atoms with Crippen LogP contribution in [0.25, 0.3) is 0 Å². The molecule has 0 aromatic heterocycles. The van der Waals surface area contributed by atoms with Crippen LogP contribution in [-0.4, -0.2) is 26.9 Å². The molecule has 128 valence electrons. The fraction of sp³-hybridized carbons (Fsp3) is 0.500. The Hall–Kier alpha value is -1.68. The zero-order valence-corrected chi connectivity index (χ0v) is 15.8. The lowest BCUT2D eigenvalue weighted by atomic mass is 9.64. The van der Waals surface area contributed by atoms with Crippen molar-refractivity contribution in [1.82, 2.24) is 0 Å². The van der Waals surface area contributed by atoms with Gasteiger partial charge in [-0.3, -0.25) is 9.59 Å². The Labute approximate surface area is 145 Å². The quantitative estimate of drug-likeness (QED) is 0.622. The monoisotopic (exact) mass is 342 g/mol. The highest BCUT2D eigenvalue weighted by Crippen LogP contribution is 2.57. The average molecular weight is 343 g/mol. The number of methoxy groups -OCH3 is 1. The molecule has 0 saturated heterocycles. The Morgan fingerprint density at radius 2 is 1.92 bits per heavy atom. The SMILES string of the molecule is COC(=O)[C@@]12CCCCC1=CC(=O)C[C@H]2[Si](C)(C)c1ccccc1. The summed E-state index contributed by atoms with van der Waals surface area (Å²) in [5.74, 6) is 0.0374. The highest BCUT2D eigenvalue weighted by atomic mass is 28.3. The van der Waals surface area contributed by atoms with E-state index >= 15 is 0 Å². The van der Waals surface area contributed by atoms with Crippen molar-refractivity contribution in [2.24, 2.45) is 5.41 Å². The Morgan fingerprint density at radius 3 is 2.58 bits per heavy atom. The maximum absolute atomic E-state index is 13.0. The summed E-state index contributed by atoms with van der Waals surface area (Å²) in [6.45, 7) is 4.59. The molecule has 0 amide bonds. The fourth-order valence-corrected chi connectivity index (χ4v) is 8.67. The van der Waals surface area contributed by atoms with Crippen molar-refractivity contribution in [2.45, 2.75) is 50.7 Å². The number of fused-ring (bicyclic) bond motifs is 1. The summed E-state index contributed by atoms with van der Waals surface area (Å²) in [5.41, 5.74) is 0.498. The van der Waals surface area contributed by atoms with Gasteiger partial charge in [-0.1, -0.05) is 55.0 Å². The molecule has 0 aliphatic heterocycles. The van der Waals surface area contributed by atoms with Crippen molar-refractivity contribution in [3.05, 3.63) is 42.0 Å². The van der Waals surface area contributed by atoms with Gasteiger partial charge in [0, 0.05) is 6.42 Å². The van der Waals surface area contributed by atoms with E-state index in [2.05, 4.69) is 37.4 Å². The Bertz CT molecular complexity index is 677. The number of ether oxygens (including phenoxy) is 1. The van der Waals surface area contributed by atoms with Crippen molar-refractivity contribution >= 4 is 25.0 Å². The molecule has 1 saturated carbocycles. The van der Waals surface area contributed by atoms with Gasteiger partial charge < -0.3 is 4.74 Å². The van der Waals surface area contributed by atoms with Crippen molar-refractivity contribution in [3.8, 4) is 0 Å². The van der Waals surface area contributed by atoms with E-state index < -0.39 is 13.5 Å². The molecule has 3 rings (SSSR count). The second-order valence-electron chi connectivity index (χ2n) is 7.65. The van der Waals surface area contributed by atoms with Crippen molar-refractivity contribution < 1.29 is 14.3 Å². The third-order valence-corrected chi connectivity index (χ3v) is 10.4. The van der Waals surface area contributed by atoms with E-state index in [1.54, 1.807) is 6.08 Å². The molecule has 3 nitrogen and oxygen atoms in total. The molecular formula is C20H26O3Si. The summed E-state index contributed by atoms with van der Waals surface area (Å²) >= 11 is 0. The molecule has 0 spiro atoms. The van der Waals surface area contributed by atoms with Gasteiger partial charge in [-0.25, -0.2) is 0 Å². The molecule has 1 fully saturated rings. The largest absolute Gasteiger partial charge is 0.468 e. The van der Waals surface area contributed by atoms with Gasteiger partial charge in [0.05, 0.1) is 20.6 Å². The van der Waals surface area contributed by atoms with Crippen LogP contribution in [0.3, 0.4) is 0 Å². The van der Waals surface area contributed by atoms with Gasteiger partial charge >= 0.3 is 5.97 Å². The number of rotatable bonds is 3. The van der Waals surface area contributed by atoms with Crippen LogP contribution in [0.4, 0.5) is 0 Å². The lowest BCUT2D eigenvalue weighted by molar-refractivity contribution is -0.152. The molecule has 2 atom stereocenters. The zero-order chi connectivity index (χ0) is 17.4. The van der Waals surface area contributed by atoms with Crippen LogP contribution in [0.2, 0.25) is 18.6 Å². The number of hydrogen-bond acceptors (Lipinski definition) is 3. The molecule has 1 aromatic rings. The molecule has 0 N–H and O–H groups in total. The second kappa shape index (κ2) is 6.32. The molecule has 1 aromatic carbocycles. The topological polar surface area (TPSA) is 43.4 Å². The van der Waals surface area contributed by atoms with E-state index in [1.807, 2.05) is 6.07 Å². The normalized spacial score (nSPS) is 27.2. The Kier molecular flexibility index (Phi) is 4.52. The molecule has 0 radical (unpaired) electrons. The van der Waals surface area contributed by atoms with Crippen LogP contribution in [-0.2, 0) is 14.3 Å². The summed E-state index contributed by atoms with van der Waals surface area (Å²) in [6.07, 6.45) is 5.95. The first-order valence-corrected chi connectivity index (χ1v) is 11.9. The number of ketones is 1. The van der Waals surface area contributed by atoms with E-state index in [1.165, 1.54) is 12.3 Å². The number of benzene rings is 1. The molecule has 0 unspecified atom stereocenters. The lowest BCUT2D eigenvalue weighted by Gasteiger charge is -2.50. The third-order valence-electron chi connectivity index (χ3n) is 6.11. The van der Waals surface area contributed by atoms with Crippen molar-refractivity contribution in [1.29, 1.82) is 0 Å². The minimum atomic E-state index is -2.04. The molecular weight excluding hydrogens is 316 g/mol. The van der Waals surface area contributed by atoms with E-state index in [-0.39, 0.29) is 17.3 Å². The zero-order valence-electron chi connectivity index (χ0n) is 14.8. The predicted octanol–water partition coefficient (Wildman–Crippen LogP) is 3.60. The third kappa shape index (κ3) is 2.57. The molecule has 2 aliphatic rings. The van der Waals surface area contributed by atoms with Gasteiger partial charge in [0.1, 0.15) is 0 Å². The summed E-state index contributed by atoms with van der Waals surface area (Å²) in [5, 5.41) is 1.30. The number of hydrogen-bond donors (Lipinski definition) is 0. The van der Waals surface area contributed by atoms with Crippen LogP contribution in [0.1, 0.15) is 32.1 Å². The first kappa shape index (κ1) is 17.2. The first-order valence-electron chi connectivity index (χ1n) is 8.80. The van der Waals surface area contributed by atoms with Crippen molar-refractivity contribution in [2.75, 3.05) is 7.11 Å². The Morgan fingerprint density at radius 1 is 1.21 bits per heavy atom. The maximum Gasteiger partial charge on any atom is 0.315 e. The first-order chi connectivity index (χ1) is 11.4. The summed E-state index contributed by atoms with van der Waals surface area (Å²) < 4.78 is 5.28. The standard InChI is InChI=1S/C20H26O3Si/c1-23-19(22)20-12-8-7-9-15(20)13-16(21)14-18(20)24(2,3)17-10-5-4-6-11-17/h4-6,10-11,13,18H,7-9,12,14H2,1-3H3/t18-,20+/m1/s1. The van der Waals surface area contributed by atoms with E-state index in [4.69, 9.17) is 4.74 Å². The smallest absolute Gasteiger partial charge is 0.315 e. The van der Waals surface area contributed by atoms with E-state index in [9.17, 15) is 9.59 Å². The lowest BCUT2D eigenvalue weighted by Crippen LogP contribution is -2.57. The summed E-state index contributed by atoms with van der Waals surface area (Å²) in [6, 6.07) is 10.4. The Balaban J connectivity index is 2.15. The summed E-state index contributed by atoms with van der Waals surface area (Å²) in [4.78, 5) is 25.4. The minimum Gasteiger partial charge on any atom is -0.468 e. The highest BCUT2D eigenvalue weighted by molar-refractivity contribution is 6.91. The van der Waals surface area contributed by atoms with Gasteiger partial charge in [-0.15, -0.1) is 0 Å². The van der Waals surface area contributed by atoms with Gasteiger partial charge in [-0.05, 0) is 36.5 Å².